The maximum absolute atomic E-state index is 12.2. The highest BCUT2D eigenvalue weighted by atomic mass is 16.5. The molecule has 0 saturated carbocycles. The van der Waals surface area contributed by atoms with E-state index in [0.717, 1.165) is 22.2 Å². The lowest BCUT2D eigenvalue weighted by Crippen LogP contribution is -2.31. The normalized spacial score (nSPS) is 12.3. The average molecular weight is 336 g/mol. The largest absolute Gasteiger partial charge is 0.483 e. The zero-order valence-corrected chi connectivity index (χ0v) is 14.9. The molecule has 0 aliphatic rings. The summed E-state index contributed by atoms with van der Waals surface area (Å²) in [6.07, 6.45) is 2.01. The predicted octanol–water partition coefficient (Wildman–Crippen LogP) is 4.55. The van der Waals surface area contributed by atoms with Gasteiger partial charge in [0, 0.05) is 17.1 Å². The van der Waals surface area contributed by atoms with E-state index in [9.17, 15) is 4.79 Å². The first-order valence-corrected chi connectivity index (χ1v) is 8.63. The van der Waals surface area contributed by atoms with Crippen molar-refractivity contribution in [2.45, 2.75) is 32.7 Å². The van der Waals surface area contributed by atoms with Crippen LogP contribution in [0.2, 0.25) is 0 Å². The van der Waals surface area contributed by atoms with Crippen LogP contribution >= 0.6 is 0 Å². The Kier molecular flexibility index (Phi) is 5.08. The van der Waals surface area contributed by atoms with E-state index in [1.807, 2.05) is 61.7 Å². The summed E-state index contributed by atoms with van der Waals surface area (Å²) in [7, 11) is 0. The molecule has 1 unspecified atom stereocenters. The molecule has 3 rings (SSSR count). The van der Waals surface area contributed by atoms with E-state index in [-0.39, 0.29) is 18.6 Å². The summed E-state index contributed by atoms with van der Waals surface area (Å²) in [6, 6.07) is 15.7. The number of H-pyrrole nitrogens is 1. The number of nitrogens with one attached hydrogen (secondary N) is 2. The zero-order chi connectivity index (χ0) is 17.8. The second kappa shape index (κ2) is 7.43. The topological polar surface area (TPSA) is 54.1 Å². The highest BCUT2D eigenvalue weighted by Gasteiger charge is 2.14. The van der Waals surface area contributed by atoms with Crippen molar-refractivity contribution in [1.82, 2.24) is 10.3 Å². The van der Waals surface area contributed by atoms with E-state index < -0.39 is 0 Å². The number of ether oxygens (including phenoxy) is 1. The quantitative estimate of drug-likeness (QED) is 0.694. The third-order valence-electron chi connectivity index (χ3n) is 4.36. The van der Waals surface area contributed by atoms with Gasteiger partial charge in [0.25, 0.3) is 5.91 Å². The van der Waals surface area contributed by atoms with Crippen LogP contribution in [0.5, 0.6) is 5.75 Å². The van der Waals surface area contributed by atoms with Gasteiger partial charge in [-0.3, -0.25) is 4.79 Å². The molecule has 4 heteroatoms. The van der Waals surface area contributed by atoms with Gasteiger partial charge in [0.1, 0.15) is 5.75 Å². The molecule has 1 heterocycles. The molecular weight excluding hydrogens is 312 g/mol. The van der Waals surface area contributed by atoms with E-state index in [4.69, 9.17) is 4.74 Å². The number of hydrogen-bond donors (Lipinski definition) is 2. The average Bonchev–Trinajstić information content (AvgIpc) is 3.05. The number of rotatable bonds is 6. The summed E-state index contributed by atoms with van der Waals surface area (Å²) in [5.41, 5.74) is 3.30. The highest BCUT2D eigenvalue weighted by molar-refractivity contribution is 5.90. The second-order valence-corrected chi connectivity index (χ2v) is 6.57. The van der Waals surface area contributed by atoms with E-state index >= 15 is 0 Å². The van der Waals surface area contributed by atoms with Gasteiger partial charge >= 0.3 is 0 Å². The minimum atomic E-state index is -0.130. The molecule has 2 aromatic carbocycles. The fraction of sp³-hybridized carbons (Fsp3) is 0.286. The van der Waals surface area contributed by atoms with Gasteiger partial charge in [0.05, 0.1) is 6.04 Å². The number of benzene rings is 2. The number of aromatic amines is 1. The minimum absolute atomic E-state index is 0.000990. The third-order valence-corrected chi connectivity index (χ3v) is 4.36. The first kappa shape index (κ1) is 17.1. The number of carbonyl (C=O) groups is 1. The molecular formula is C21H24N2O2. The molecule has 0 aliphatic heterocycles. The van der Waals surface area contributed by atoms with Crippen molar-refractivity contribution in [1.29, 1.82) is 0 Å². The monoisotopic (exact) mass is 336 g/mol. The van der Waals surface area contributed by atoms with Crippen LogP contribution in [0.15, 0.2) is 54.7 Å². The fourth-order valence-electron chi connectivity index (χ4n) is 3.00. The second-order valence-electron chi connectivity index (χ2n) is 6.57. The van der Waals surface area contributed by atoms with Crippen molar-refractivity contribution in [2.24, 2.45) is 0 Å². The molecule has 0 aliphatic carbocycles. The fourth-order valence-corrected chi connectivity index (χ4v) is 3.00. The molecule has 0 spiro atoms. The molecule has 0 saturated heterocycles. The molecule has 4 nitrogen and oxygen atoms in total. The Morgan fingerprint density at radius 1 is 1.08 bits per heavy atom. The maximum Gasteiger partial charge on any atom is 0.258 e. The third kappa shape index (κ3) is 3.85. The van der Waals surface area contributed by atoms with Crippen molar-refractivity contribution in [3.8, 4) is 5.75 Å². The number of fused-ring (bicyclic) bond motifs is 1. The summed E-state index contributed by atoms with van der Waals surface area (Å²) in [5.74, 6) is 0.991. The van der Waals surface area contributed by atoms with Gasteiger partial charge in [0.15, 0.2) is 6.61 Å². The van der Waals surface area contributed by atoms with Crippen LogP contribution < -0.4 is 10.1 Å². The lowest BCUT2D eigenvalue weighted by Gasteiger charge is -2.15. The van der Waals surface area contributed by atoms with Gasteiger partial charge in [-0.15, -0.1) is 0 Å². The first-order chi connectivity index (χ1) is 12.1. The van der Waals surface area contributed by atoms with Gasteiger partial charge in [0.2, 0.25) is 0 Å². The molecule has 0 bridgehead atoms. The summed E-state index contributed by atoms with van der Waals surface area (Å²) in [6.45, 7) is 6.26. The van der Waals surface area contributed by atoms with Crippen molar-refractivity contribution in [3.05, 3.63) is 65.9 Å². The van der Waals surface area contributed by atoms with Crippen LogP contribution in [0, 0.1) is 0 Å². The van der Waals surface area contributed by atoms with Crippen LogP contribution in [-0.4, -0.2) is 17.5 Å². The van der Waals surface area contributed by atoms with Crippen LogP contribution in [0.4, 0.5) is 0 Å². The summed E-state index contributed by atoms with van der Waals surface area (Å²) >= 11 is 0. The van der Waals surface area contributed by atoms with Crippen molar-refractivity contribution in [2.75, 3.05) is 6.61 Å². The molecule has 0 radical (unpaired) electrons. The lowest BCUT2D eigenvalue weighted by molar-refractivity contribution is -0.123. The van der Waals surface area contributed by atoms with Gasteiger partial charge < -0.3 is 15.0 Å². The molecule has 25 heavy (non-hydrogen) atoms. The Morgan fingerprint density at radius 2 is 1.84 bits per heavy atom. The van der Waals surface area contributed by atoms with Gasteiger partial charge in [-0.1, -0.05) is 50.2 Å². The molecule has 1 atom stereocenters. The van der Waals surface area contributed by atoms with E-state index in [1.165, 1.54) is 5.56 Å². The Morgan fingerprint density at radius 3 is 2.56 bits per heavy atom. The summed E-state index contributed by atoms with van der Waals surface area (Å²) in [5, 5.41) is 4.03. The van der Waals surface area contributed by atoms with Gasteiger partial charge in [-0.2, -0.15) is 0 Å². The van der Waals surface area contributed by atoms with E-state index in [2.05, 4.69) is 24.1 Å². The van der Waals surface area contributed by atoms with Crippen molar-refractivity contribution >= 4 is 16.8 Å². The van der Waals surface area contributed by atoms with Gasteiger partial charge in [-0.25, -0.2) is 0 Å². The van der Waals surface area contributed by atoms with Crippen molar-refractivity contribution in [3.63, 3.8) is 0 Å². The number of amides is 1. The Bertz CT molecular complexity index is 853. The number of hydrogen-bond acceptors (Lipinski definition) is 2. The smallest absolute Gasteiger partial charge is 0.258 e. The summed E-state index contributed by atoms with van der Waals surface area (Å²) in [4.78, 5) is 15.5. The summed E-state index contributed by atoms with van der Waals surface area (Å²) < 4.78 is 5.83. The first-order valence-electron chi connectivity index (χ1n) is 8.63. The number of carbonyl (C=O) groups excluding carboxylic acids is 1. The Labute approximate surface area is 148 Å². The zero-order valence-electron chi connectivity index (χ0n) is 14.9. The highest BCUT2D eigenvalue weighted by Crippen LogP contribution is 2.32. The Hall–Kier alpha value is -2.75. The SMILES string of the molecule is CC(C)c1c[nH]c2cccc(OCC(=O)NC(C)c3ccccc3)c12. The number of aromatic nitrogens is 1. The molecule has 3 aromatic rings. The molecule has 130 valence electrons. The lowest BCUT2D eigenvalue weighted by atomic mass is 10.0. The van der Waals surface area contributed by atoms with Crippen molar-refractivity contribution < 1.29 is 9.53 Å². The molecule has 0 fully saturated rings. The molecule has 1 aromatic heterocycles. The maximum atomic E-state index is 12.2. The van der Waals surface area contributed by atoms with Crippen LogP contribution in [-0.2, 0) is 4.79 Å². The standard InChI is InChI=1S/C21H24N2O2/c1-14(2)17-12-22-18-10-7-11-19(21(17)18)25-13-20(24)23-15(3)16-8-5-4-6-9-16/h4-12,14-15,22H,13H2,1-3H3,(H,23,24). The van der Waals surface area contributed by atoms with Crippen LogP contribution in [0.25, 0.3) is 10.9 Å². The van der Waals surface area contributed by atoms with E-state index in [1.54, 1.807) is 0 Å². The van der Waals surface area contributed by atoms with E-state index in [0.29, 0.717) is 5.92 Å². The molecule has 1 amide bonds. The minimum Gasteiger partial charge on any atom is -0.483 e. The van der Waals surface area contributed by atoms with Crippen LogP contribution in [0.1, 0.15) is 43.9 Å². The van der Waals surface area contributed by atoms with Crippen LogP contribution in [0.3, 0.4) is 0 Å². The van der Waals surface area contributed by atoms with Gasteiger partial charge in [-0.05, 0) is 36.1 Å². The predicted molar refractivity (Wildman–Crippen MR) is 101 cm³/mol. The Balaban J connectivity index is 1.68. The molecule has 2 N–H and O–H groups in total.